The molecule has 1 rings (SSSR count). The van der Waals surface area contributed by atoms with Crippen molar-refractivity contribution in [1.82, 2.24) is 0 Å². The van der Waals surface area contributed by atoms with Crippen LogP contribution in [-0.2, 0) is 0 Å². The number of hydrogen-bond acceptors (Lipinski definition) is 3. The summed E-state index contributed by atoms with van der Waals surface area (Å²) in [5.74, 6) is 0.310. The van der Waals surface area contributed by atoms with Gasteiger partial charge in [0.2, 0.25) is 0 Å². The molecule has 0 fully saturated rings. The summed E-state index contributed by atoms with van der Waals surface area (Å²) >= 11 is 0. The SMILES string of the molecule is Cc1cc(O)ccc1NCCCCCCC#N. The molecule has 0 aromatic heterocycles. The highest BCUT2D eigenvalue weighted by Crippen LogP contribution is 2.20. The lowest BCUT2D eigenvalue weighted by Gasteiger charge is -2.09. The topological polar surface area (TPSA) is 56.0 Å². The first-order valence-electron chi connectivity index (χ1n) is 6.14. The number of nitrogens with zero attached hydrogens (tertiary/aromatic N) is 1. The standard InChI is InChI=1S/C14H20N2O/c1-12-11-13(17)7-8-14(12)16-10-6-4-2-3-5-9-15/h7-8,11,16-17H,2-6,10H2,1H3. The zero-order valence-electron chi connectivity index (χ0n) is 10.4. The highest BCUT2D eigenvalue weighted by atomic mass is 16.3. The Morgan fingerprint density at radius 3 is 2.71 bits per heavy atom. The van der Waals surface area contributed by atoms with Crippen molar-refractivity contribution in [1.29, 1.82) is 5.26 Å². The monoisotopic (exact) mass is 232 g/mol. The van der Waals surface area contributed by atoms with Crippen LogP contribution in [-0.4, -0.2) is 11.7 Å². The largest absolute Gasteiger partial charge is 0.508 e. The number of phenolic OH excluding ortho intramolecular Hbond substituents is 1. The van der Waals surface area contributed by atoms with Gasteiger partial charge < -0.3 is 10.4 Å². The summed E-state index contributed by atoms with van der Waals surface area (Å²) in [5.41, 5.74) is 2.15. The molecule has 2 N–H and O–H groups in total. The van der Waals surface area contributed by atoms with Crippen LogP contribution in [0.4, 0.5) is 5.69 Å². The maximum atomic E-state index is 9.28. The summed E-state index contributed by atoms with van der Waals surface area (Å²) in [6, 6.07) is 7.52. The number of nitriles is 1. The van der Waals surface area contributed by atoms with E-state index in [9.17, 15) is 5.11 Å². The van der Waals surface area contributed by atoms with E-state index in [4.69, 9.17) is 5.26 Å². The van der Waals surface area contributed by atoms with E-state index >= 15 is 0 Å². The Bertz CT molecular complexity index is 382. The third-order valence-corrected chi connectivity index (χ3v) is 2.74. The molecule has 0 aliphatic carbocycles. The van der Waals surface area contributed by atoms with Gasteiger partial charge in [0.15, 0.2) is 0 Å². The number of nitrogens with one attached hydrogen (secondary N) is 1. The summed E-state index contributed by atoms with van der Waals surface area (Å²) in [6.07, 6.45) is 5.08. The average Bonchev–Trinajstić information content (AvgIpc) is 2.30. The molecule has 3 heteroatoms. The summed E-state index contributed by atoms with van der Waals surface area (Å²) in [4.78, 5) is 0. The number of aromatic hydroxyl groups is 1. The number of phenols is 1. The van der Waals surface area contributed by atoms with Gasteiger partial charge in [-0.25, -0.2) is 0 Å². The smallest absolute Gasteiger partial charge is 0.115 e. The van der Waals surface area contributed by atoms with Crippen LogP contribution < -0.4 is 5.32 Å². The Morgan fingerprint density at radius 2 is 2.00 bits per heavy atom. The third-order valence-electron chi connectivity index (χ3n) is 2.74. The molecule has 0 aliphatic rings. The van der Waals surface area contributed by atoms with Gasteiger partial charge in [-0.15, -0.1) is 0 Å². The summed E-state index contributed by atoms with van der Waals surface area (Å²) in [7, 11) is 0. The van der Waals surface area contributed by atoms with E-state index in [1.165, 1.54) is 0 Å². The lowest BCUT2D eigenvalue weighted by Crippen LogP contribution is -2.02. The van der Waals surface area contributed by atoms with Gasteiger partial charge >= 0.3 is 0 Å². The van der Waals surface area contributed by atoms with E-state index in [1.807, 2.05) is 13.0 Å². The highest BCUT2D eigenvalue weighted by Gasteiger charge is 1.98. The number of aryl methyl sites for hydroxylation is 1. The predicted molar refractivity (Wildman–Crippen MR) is 70.0 cm³/mol. The van der Waals surface area contributed by atoms with Gasteiger partial charge in [-0.3, -0.25) is 0 Å². The van der Waals surface area contributed by atoms with Crippen molar-refractivity contribution >= 4 is 5.69 Å². The Balaban J connectivity index is 2.16. The van der Waals surface area contributed by atoms with Gasteiger partial charge in [-0.2, -0.15) is 5.26 Å². The molecule has 0 radical (unpaired) electrons. The minimum atomic E-state index is 0.310. The molecule has 0 saturated heterocycles. The molecule has 0 aliphatic heterocycles. The fraction of sp³-hybridized carbons (Fsp3) is 0.500. The molecule has 0 bridgehead atoms. The molecule has 0 amide bonds. The maximum Gasteiger partial charge on any atom is 0.115 e. The summed E-state index contributed by atoms with van der Waals surface area (Å²) in [5, 5.41) is 21.0. The first kappa shape index (κ1) is 13.4. The van der Waals surface area contributed by atoms with Crippen LogP contribution in [0.2, 0.25) is 0 Å². The molecular formula is C14H20N2O. The fourth-order valence-corrected chi connectivity index (χ4v) is 1.75. The van der Waals surface area contributed by atoms with Gasteiger partial charge in [0.05, 0.1) is 6.07 Å². The van der Waals surface area contributed by atoms with E-state index in [2.05, 4.69) is 11.4 Å². The van der Waals surface area contributed by atoms with Crippen molar-refractivity contribution < 1.29 is 5.11 Å². The molecule has 0 unspecified atom stereocenters. The van der Waals surface area contributed by atoms with Gasteiger partial charge in [0, 0.05) is 18.7 Å². The van der Waals surface area contributed by atoms with Crippen molar-refractivity contribution in [3.05, 3.63) is 23.8 Å². The van der Waals surface area contributed by atoms with Crippen LogP contribution >= 0.6 is 0 Å². The third kappa shape index (κ3) is 5.26. The molecule has 0 heterocycles. The molecule has 92 valence electrons. The zero-order chi connectivity index (χ0) is 12.5. The molecular weight excluding hydrogens is 212 g/mol. The van der Waals surface area contributed by atoms with Crippen molar-refractivity contribution in [3.8, 4) is 11.8 Å². The molecule has 0 atom stereocenters. The van der Waals surface area contributed by atoms with Crippen LogP contribution in [0.3, 0.4) is 0 Å². The van der Waals surface area contributed by atoms with Gasteiger partial charge in [-0.1, -0.05) is 12.8 Å². The predicted octanol–water partition coefficient (Wildman–Crippen LogP) is 3.59. The number of rotatable bonds is 7. The van der Waals surface area contributed by atoms with Crippen LogP contribution in [0.1, 0.15) is 37.7 Å². The second kappa shape index (κ2) is 7.56. The van der Waals surface area contributed by atoms with Crippen LogP contribution in [0.5, 0.6) is 5.75 Å². The minimum absolute atomic E-state index is 0.310. The Morgan fingerprint density at radius 1 is 1.24 bits per heavy atom. The molecule has 0 saturated carbocycles. The number of benzene rings is 1. The molecule has 1 aromatic carbocycles. The van der Waals surface area contributed by atoms with E-state index in [0.29, 0.717) is 12.2 Å². The van der Waals surface area contributed by atoms with Gasteiger partial charge in [-0.05, 0) is 43.5 Å². The molecule has 0 spiro atoms. The Labute approximate surface area is 103 Å². The Kier molecular flexibility index (Phi) is 5.95. The summed E-state index contributed by atoms with van der Waals surface area (Å²) in [6.45, 7) is 2.92. The van der Waals surface area contributed by atoms with E-state index in [1.54, 1.807) is 12.1 Å². The quantitative estimate of drug-likeness (QED) is 0.558. The second-order valence-corrected chi connectivity index (χ2v) is 4.25. The number of anilines is 1. The van der Waals surface area contributed by atoms with Crippen LogP contribution in [0.25, 0.3) is 0 Å². The first-order valence-corrected chi connectivity index (χ1v) is 6.14. The molecule has 17 heavy (non-hydrogen) atoms. The first-order chi connectivity index (χ1) is 8.24. The lowest BCUT2D eigenvalue weighted by molar-refractivity contribution is 0.475. The zero-order valence-corrected chi connectivity index (χ0v) is 10.4. The van der Waals surface area contributed by atoms with E-state index in [-0.39, 0.29) is 0 Å². The minimum Gasteiger partial charge on any atom is -0.508 e. The lowest BCUT2D eigenvalue weighted by atomic mass is 10.1. The number of hydrogen-bond donors (Lipinski definition) is 2. The van der Waals surface area contributed by atoms with Crippen molar-refractivity contribution in [2.24, 2.45) is 0 Å². The Hall–Kier alpha value is -1.69. The van der Waals surface area contributed by atoms with Gasteiger partial charge in [0.25, 0.3) is 0 Å². The fourth-order valence-electron chi connectivity index (χ4n) is 1.75. The average molecular weight is 232 g/mol. The maximum absolute atomic E-state index is 9.28. The molecule has 1 aromatic rings. The van der Waals surface area contributed by atoms with Crippen LogP contribution in [0.15, 0.2) is 18.2 Å². The summed E-state index contributed by atoms with van der Waals surface area (Å²) < 4.78 is 0. The van der Waals surface area contributed by atoms with E-state index in [0.717, 1.165) is 43.5 Å². The van der Waals surface area contributed by atoms with Crippen molar-refractivity contribution in [2.75, 3.05) is 11.9 Å². The van der Waals surface area contributed by atoms with Gasteiger partial charge in [0.1, 0.15) is 5.75 Å². The highest BCUT2D eigenvalue weighted by molar-refractivity contribution is 5.53. The van der Waals surface area contributed by atoms with E-state index < -0.39 is 0 Å². The second-order valence-electron chi connectivity index (χ2n) is 4.25. The number of unbranched alkanes of at least 4 members (excludes halogenated alkanes) is 4. The van der Waals surface area contributed by atoms with Crippen molar-refractivity contribution in [3.63, 3.8) is 0 Å². The molecule has 3 nitrogen and oxygen atoms in total. The normalized spacial score (nSPS) is 9.88. The van der Waals surface area contributed by atoms with Crippen LogP contribution in [0, 0.1) is 18.3 Å². The van der Waals surface area contributed by atoms with Crippen molar-refractivity contribution in [2.45, 2.75) is 39.0 Å².